The van der Waals surface area contributed by atoms with Gasteiger partial charge in [0.05, 0.1) is 16.4 Å². The molecule has 1 amide bonds. The molecule has 0 aliphatic rings. The Balaban J connectivity index is 1.82. The van der Waals surface area contributed by atoms with E-state index in [4.69, 9.17) is 0 Å². The summed E-state index contributed by atoms with van der Waals surface area (Å²) in [6.45, 7) is 8.02. The van der Waals surface area contributed by atoms with Gasteiger partial charge in [-0.3, -0.25) is 9.79 Å². The van der Waals surface area contributed by atoms with Gasteiger partial charge >= 0.3 is 0 Å². The van der Waals surface area contributed by atoms with Crippen molar-refractivity contribution in [3.63, 3.8) is 0 Å². The minimum absolute atomic E-state index is 0.00270. The lowest BCUT2D eigenvalue weighted by atomic mass is 9.92. The quantitative estimate of drug-likeness (QED) is 0.399. The first-order valence-electron chi connectivity index (χ1n) is 8.97. The van der Waals surface area contributed by atoms with E-state index in [9.17, 15) is 4.79 Å². The van der Waals surface area contributed by atoms with Gasteiger partial charge in [-0.05, 0) is 39.3 Å². The molecule has 1 aromatic heterocycles. The molecule has 0 saturated carbocycles. The van der Waals surface area contributed by atoms with Crippen LogP contribution in [0.2, 0.25) is 0 Å². The Morgan fingerprint density at radius 1 is 1.27 bits per heavy atom. The number of amides is 1. The number of guanidine groups is 1. The molecule has 3 N–H and O–H groups in total. The van der Waals surface area contributed by atoms with Crippen molar-refractivity contribution in [3.8, 4) is 0 Å². The van der Waals surface area contributed by atoms with E-state index in [0.29, 0.717) is 12.5 Å². The monoisotopic (exact) mass is 358 g/mol. The maximum absolute atomic E-state index is 11.8. The molecule has 2 rings (SSSR count). The van der Waals surface area contributed by atoms with Crippen LogP contribution >= 0.6 is 0 Å². The van der Waals surface area contributed by atoms with Crippen LogP contribution in [0.4, 0.5) is 0 Å². The second kappa shape index (κ2) is 8.69. The van der Waals surface area contributed by atoms with Crippen LogP contribution in [0.5, 0.6) is 0 Å². The SMILES string of the molecule is CN=C(NCCCn1c(C)nc2ccccc21)NCC(C)(C)C(=O)NC. The van der Waals surface area contributed by atoms with Crippen molar-refractivity contribution < 1.29 is 4.79 Å². The molecule has 2 aromatic rings. The number of aliphatic imine (C=N–C) groups is 1. The van der Waals surface area contributed by atoms with E-state index in [1.165, 1.54) is 5.52 Å². The molecule has 1 aromatic carbocycles. The van der Waals surface area contributed by atoms with E-state index in [2.05, 4.69) is 36.6 Å². The van der Waals surface area contributed by atoms with Crippen molar-refractivity contribution in [1.82, 2.24) is 25.5 Å². The van der Waals surface area contributed by atoms with Crippen molar-refractivity contribution >= 4 is 22.9 Å². The molecule has 0 bridgehead atoms. The Hall–Kier alpha value is -2.57. The van der Waals surface area contributed by atoms with Crippen molar-refractivity contribution in [2.45, 2.75) is 33.7 Å². The number of aromatic nitrogens is 2. The molecular weight excluding hydrogens is 328 g/mol. The van der Waals surface area contributed by atoms with E-state index < -0.39 is 5.41 Å². The maximum atomic E-state index is 11.8. The predicted molar refractivity (Wildman–Crippen MR) is 106 cm³/mol. The largest absolute Gasteiger partial charge is 0.359 e. The average Bonchev–Trinajstić information content (AvgIpc) is 2.95. The first-order valence-corrected chi connectivity index (χ1v) is 8.97. The molecule has 7 heteroatoms. The molecule has 1 heterocycles. The minimum Gasteiger partial charge on any atom is -0.359 e. The zero-order chi connectivity index (χ0) is 19.2. The molecule has 142 valence electrons. The van der Waals surface area contributed by atoms with Crippen LogP contribution in [0.1, 0.15) is 26.1 Å². The van der Waals surface area contributed by atoms with Crippen molar-refractivity contribution in [2.75, 3.05) is 27.2 Å². The molecule has 0 radical (unpaired) electrons. The van der Waals surface area contributed by atoms with Crippen LogP contribution in [-0.2, 0) is 11.3 Å². The summed E-state index contributed by atoms with van der Waals surface area (Å²) >= 11 is 0. The van der Waals surface area contributed by atoms with Gasteiger partial charge in [-0.1, -0.05) is 12.1 Å². The van der Waals surface area contributed by atoms with Crippen LogP contribution in [0, 0.1) is 12.3 Å². The number of rotatable bonds is 7. The molecule has 7 nitrogen and oxygen atoms in total. The van der Waals surface area contributed by atoms with Crippen LogP contribution in [0.25, 0.3) is 11.0 Å². The van der Waals surface area contributed by atoms with Gasteiger partial charge in [0, 0.05) is 33.7 Å². The molecule has 0 aliphatic heterocycles. The fraction of sp³-hybridized carbons (Fsp3) is 0.526. The predicted octanol–water partition coefficient (Wildman–Crippen LogP) is 1.67. The molecular formula is C19H30N6O. The molecule has 0 unspecified atom stereocenters. The third-order valence-electron chi connectivity index (χ3n) is 4.46. The number of para-hydroxylation sites is 2. The highest BCUT2D eigenvalue weighted by Crippen LogP contribution is 2.15. The number of hydrogen-bond acceptors (Lipinski definition) is 3. The second-order valence-corrected chi connectivity index (χ2v) is 6.97. The summed E-state index contributed by atoms with van der Waals surface area (Å²) < 4.78 is 2.24. The van der Waals surface area contributed by atoms with Crippen molar-refractivity contribution in [3.05, 3.63) is 30.1 Å². The summed E-state index contributed by atoms with van der Waals surface area (Å²) in [5.41, 5.74) is 1.70. The van der Waals surface area contributed by atoms with E-state index in [1.54, 1.807) is 14.1 Å². The molecule has 26 heavy (non-hydrogen) atoms. The normalized spacial score (nSPS) is 12.3. The summed E-state index contributed by atoms with van der Waals surface area (Å²) in [5, 5.41) is 9.21. The lowest BCUT2D eigenvalue weighted by molar-refractivity contribution is -0.128. The molecule has 0 saturated heterocycles. The van der Waals surface area contributed by atoms with E-state index in [0.717, 1.165) is 30.9 Å². The zero-order valence-corrected chi connectivity index (χ0v) is 16.4. The zero-order valence-electron chi connectivity index (χ0n) is 16.4. The van der Waals surface area contributed by atoms with Crippen LogP contribution < -0.4 is 16.0 Å². The van der Waals surface area contributed by atoms with Gasteiger partial charge in [-0.25, -0.2) is 4.98 Å². The van der Waals surface area contributed by atoms with E-state index >= 15 is 0 Å². The Morgan fingerprint density at radius 3 is 2.69 bits per heavy atom. The third-order valence-corrected chi connectivity index (χ3v) is 4.46. The molecule has 0 spiro atoms. The third kappa shape index (κ3) is 4.74. The standard InChI is InChI=1S/C19H30N6O/c1-14-24-15-9-6-7-10-16(15)25(14)12-8-11-22-18(21-5)23-13-19(2,3)17(26)20-4/h6-7,9-10H,8,11-13H2,1-5H3,(H,20,26)(H2,21,22,23). The average molecular weight is 358 g/mol. The second-order valence-electron chi connectivity index (χ2n) is 6.97. The smallest absolute Gasteiger partial charge is 0.227 e. The highest BCUT2D eigenvalue weighted by Gasteiger charge is 2.26. The van der Waals surface area contributed by atoms with Gasteiger partial charge in [-0.2, -0.15) is 0 Å². The Bertz CT molecular complexity index is 777. The summed E-state index contributed by atoms with van der Waals surface area (Å²) in [7, 11) is 3.38. The number of hydrogen-bond donors (Lipinski definition) is 3. The Kier molecular flexibility index (Phi) is 6.60. The molecule has 0 aliphatic carbocycles. The summed E-state index contributed by atoms with van der Waals surface area (Å²) in [5.74, 6) is 1.73. The lowest BCUT2D eigenvalue weighted by Gasteiger charge is -2.24. The number of nitrogens with one attached hydrogen (secondary N) is 3. The summed E-state index contributed by atoms with van der Waals surface area (Å²) in [4.78, 5) is 20.7. The van der Waals surface area contributed by atoms with Gasteiger partial charge in [-0.15, -0.1) is 0 Å². The number of fused-ring (bicyclic) bond motifs is 1. The Morgan fingerprint density at radius 2 is 2.00 bits per heavy atom. The molecule has 0 fully saturated rings. The van der Waals surface area contributed by atoms with E-state index in [1.807, 2.05) is 39.0 Å². The van der Waals surface area contributed by atoms with Crippen molar-refractivity contribution in [1.29, 1.82) is 0 Å². The van der Waals surface area contributed by atoms with Crippen molar-refractivity contribution in [2.24, 2.45) is 10.4 Å². The number of benzene rings is 1. The summed E-state index contributed by atoms with van der Waals surface area (Å²) in [6, 6.07) is 8.19. The lowest BCUT2D eigenvalue weighted by Crippen LogP contribution is -2.47. The summed E-state index contributed by atoms with van der Waals surface area (Å²) in [6.07, 6.45) is 0.945. The van der Waals surface area contributed by atoms with E-state index in [-0.39, 0.29) is 5.91 Å². The molecule has 0 atom stereocenters. The topological polar surface area (TPSA) is 83.3 Å². The fourth-order valence-electron chi connectivity index (χ4n) is 2.87. The number of carbonyl (C=O) groups is 1. The Labute approximate surface area is 155 Å². The van der Waals surface area contributed by atoms with Crippen LogP contribution in [0.15, 0.2) is 29.3 Å². The number of nitrogens with zero attached hydrogens (tertiary/aromatic N) is 3. The number of carbonyl (C=O) groups excluding carboxylic acids is 1. The van der Waals surface area contributed by atoms with Crippen LogP contribution in [0.3, 0.4) is 0 Å². The number of imidazole rings is 1. The first kappa shape index (κ1) is 19.8. The minimum atomic E-state index is -0.501. The maximum Gasteiger partial charge on any atom is 0.227 e. The van der Waals surface area contributed by atoms with Crippen LogP contribution in [-0.4, -0.2) is 48.6 Å². The fourth-order valence-corrected chi connectivity index (χ4v) is 2.87. The first-order chi connectivity index (χ1) is 12.4. The van der Waals surface area contributed by atoms with Gasteiger partial charge in [0.2, 0.25) is 5.91 Å². The highest BCUT2D eigenvalue weighted by atomic mass is 16.2. The van der Waals surface area contributed by atoms with Gasteiger partial charge in [0.1, 0.15) is 5.82 Å². The number of aryl methyl sites for hydroxylation is 2. The van der Waals surface area contributed by atoms with Gasteiger partial charge in [0.15, 0.2) is 5.96 Å². The van der Waals surface area contributed by atoms with Gasteiger partial charge < -0.3 is 20.5 Å². The highest BCUT2D eigenvalue weighted by molar-refractivity contribution is 5.84. The van der Waals surface area contributed by atoms with Gasteiger partial charge in [0.25, 0.3) is 0 Å².